The van der Waals surface area contributed by atoms with Gasteiger partial charge < -0.3 is 45.6 Å². The normalized spacial score (nSPS) is 31.6. The van der Waals surface area contributed by atoms with Gasteiger partial charge in [-0.25, -0.2) is 0 Å². The molecule has 0 aliphatic carbocycles. The fraction of sp³-hybridized carbons (Fsp3) is 0.875. The second-order valence-electron chi connectivity index (χ2n) is 6.56. The maximum Gasteiger partial charge on any atom is 0.217 e. The van der Waals surface area contributed by atoms with E-state index in [1.165, 1.54) is 13.8 Å². The highest BCUT2D eigenvalue weighted by Gasteiger charge is 2.44. The van der Waals surface area contributed by atoms with Crippen LogP contribution >= 0.6 is 0 Å². The van der Waals surface area contributed by atoms with E-state index in [-0.39, 0.29) is 25.5 Å². The molecular formula is C16H30N2O9. The van der Waals surface area contributed by atoms with E-state index in [4.69, 9.17) is 9.47 Å². The highest BCUT2D eigenvalue weighted by atomic mass is 16.7. The van der Waals surface area contributed by atoms with Crippen LogP contribution in [0.25, 0.3) is 0 Å². The van der Waals surface area contributed by atoms with E-state index in [1.54, 1.807) is 6.92 Å². The smallest absolute Gasteiger partial charge is 0.217 e. The molecule has 0 aromatic heterocycles. The Balaban J connectivity index is 2.76. The van der Waals surface area contributed by atoms with Crippen LogP contribution in [0.4, 0.5) is 0 Å². The first kappa shape index (κ1) is 23.7. The molecule has 0 spiro atoms. The zero-order valence-corrected chi connectivity index (χ0v) is 15.6. The van der Waals surface area contributed by atoms with Crippen molar-refractivity contribution < 1.29 is 44.6 Å². The molecule has 0 aromatic carbocycles. The van der Waals surface area contributed by atoms with Crippen molar-refractivity contribution in [2.24, 2.45) is 0 Å². The fourth-order valence-electron chi connectivity index (χ4n) is 2.66. The second kappa shape index (κ2) is 10.9. The molecule has 7 N–H and O–H groups in total. The molecule has 11 nitrogen and oxygen atoms in total. The summed E-state index contributed by atoms with van der Waals surface area (Å²) in [7, 11) is 0. The number of nitrogens with one attached hydrogen (secondary N) is 2. The van der Waals surface area contributed by atoms with Crippen molar-refractivity contribution in [3.05, 3.63) is 0 Å². The molecular weight excluding hydrogens is 364 g/mol. The zero-order valence-electron chi connectivity index (χ0n) is 15.6. The van der Waals surface area contributed by atoms with Crippen LogP contribution in [0.1, 0.15) is 27.2 Å². The van der Waals surface area contributed by atoms with Gasteiger partial charge in [-0.15, -0.1) is 0 Å². The summed E-state index contributed by atoms with van der Waals surface area (Å²) in [6, 6.07) is -0.994. The average Bonchev–Trinajstić information content (AvgIpc) is 2.61. The third kappa shape index (κ3) is 6.96. The van der Waals surface area contributed by atoms with E-state index >= 15 is 0 Å². The molecule has 1 aliphatic rings. The number of rotatable bonds is 9. The first-order chi connectivity index (χ1) is 12.6. The summed E-state index contributed by atoms with van der Waals surface area (Å²) >= 11 is 0. The minimum Gasteiger partial charge on any atom is -0.390 e. The molecule has 158 valence electrons. The summed E-state index contributed by atoms with van der Waals surface area (Å²) in [5, 5.41) is 54.8. The van der Waals surface area contributed by atoms with Crippen molar-refractivity contribution in [3.63, 3.8) is 0 Å². The van der Waals surface area contributed by atoms with Crippen molar-refractivity contribution in [1.29, 1.82) is 0 Å². The van der Waals surface area contributed by atoms with Crippen LogP contribution in [-0.2, 0) is 19.1 Å². The Labute approximate surface area is 157 Å². The van der Waals surface area contributed by atoms with Crippen LogP contribution in [-0.4, -0.2) is 99.5 Å². The Kier molecular flexibility index (Phi) is 9.53. The molecule has 1 aliphatic heterocycles. The quantitative estimate of drug-likeness (QED) is 0.210. The van der Waals surface area contributed by atoms with Crippen LogP contribution in [0.15, 0.2) is 0 Å². The predicted octanol–water partition coefficient (Wildman–Crippen LogP) is -3.42. The molecule has 0 saturated carbocycles. The van der Waals surface area contributed by atoms with Crippen molar-refractivity contribution in [2.75, 3.05) is 13.2 Å². The van der Waals surface area contributed by atoms with Gasteiger partial charge in [0.25, 0.3) is 0 Å². The zero-order chi connectivity index (χ0) is 20.7. The Bertz CT molecular complexity index is 493. The monoisotopic (exact) mass is 394 g/mol. The SMILES string of the molecule is CC[C@@H](O)C(O)[C@H](COC1OC(CNC(C)=O)C(O)C(O)C1O)NC(C)=O. The molecule has 27 heavy (non-hydrogen) atoms. The van der Waals surface area contributed by atoms with Gasteiger partial charge in [0.1, 0.15) is 30.5 Å². The van der Waals surface area contributed by atoms with Gasteiger partial charge in [0.05, 0.1) is 18.8 Å². The standard InChI is InChI=1S/C16H30N2O9/c1-4-10(21)12(22)9(18-8(3)20)6-26-16-15(25)14(24)13(23)11(27-16)5-17-7(2)19/h9-16,21-25H,4-6H2,1-3H3,(H,17,19)(H,18,20)/t9-,10+,11?,12?,13?,14?,15?,16?/m0/s1. The molecule has 0 bridgehead atoms. The lowest BCUT2D eigenvalue weighted by atomic mass is 9.98. The lowest BCUT2D eigenvalue weighted by molar-refractivity contribution is -0.297. The number of carbonyl (C=O) groups is 2. The highest BCUT2D eigenvalue weighted by Crippen LogP contribution is 2.22. The van der Waals surface area contributed by atoms with Crippen molar-refractivity contribution in [1.82, 2.24) is 10.6 Å². The third-order valence-electron chi connectivity index (χ3n) is 4.27. The Morgan fingerprint density at radius 1 is 1.07 bits per heavy atom. The Morgan fingerprint density at radius 3 is 2.22 bits per heavy atom. The second-order valence-corrected chi connectivity index (χ2v) is 6.56. The summed E-state index contributed by atoms with van der Waals surface area (Å²) in [6.45, 7) is 3.69. The first-order valence-electron chi connectivity index (χ1n) is 8.77. The minimum atomic E-state index is -1.60. The lowest BCUT2D eigenvalue weighted by Crippen LogP contribution is -2.61. The van der Waals surface area contributed by atoms with Gasteiger partial charge in [-0.05, 0) is 6.42 Å². The molecule has 2 amide bonds. The van der Waals surface area contributed by atoms with E-state index in [0.717, 1.165) is 0 Å². The fourth-order valence-corrected chi connectivity index (χ4v) is 2.66. The molecule has 0 radical (unpaired) electrons. The maximum atomic E-state index is 11.3. The summed E-state index contributed by atoms with van der Waals surface area (Å²) in [4.78, 5) is 22.4. The minimum absolute atomic E-state index is 0.119. The molecule has 1 heterocycles. The average molecular weight is 394 g/mol. The van der Waals surface area contributed by atoms with E-state index in [2.05, 4.69) is 10.6 Å². The van der Waals surface area contributed by atoms with Crippen LogP contribution < -0.4 is 10.6 Å². The number of aliphatic hydroxyl groups excluding tert-OH is 5. The Morgan fingerprint density at radius 2 is 1.70 bits per heavy atom. The number of carbonyl (C=O) groups excluding carboxylic acids is 2. The number of ether oxygens (including phenoxy) is 2. The summed E-state index contributed by atoms with van der Waals surface area (Å²) in [5.41, 5.74) is 0. The van der Waals surface area contributed by atoms with E-state index in [9.17, 15) is 35.1 Å². The van der Waals surface area contributed by atoms with Gasteiger partial charge in [0.15, 0.2) is 6.29 Å². The number of aliphatic hydroxyl groups is 5. The Hall–Kier alpha value is -1.34. The third-order valence-corrected chi connectivity index (χ3v) is 4.27. The van der Waals surface area contributed by atoms with Crippen LogP contribution in [0.2, 0.25) is 0 Å². The van der Waals surface area contributed by atoms with E-state index in [0.29, 0.717) is 0 Å². The molecule has 1 fully saturated rings. The number of hydrogen-bond donors (Lipinski definition) is 7. The van der Waals surface area contributed by atoms with Crippen molar-refractivity contribution in [2.45, 2.75) is 76.1 Å². The summed E-state index contributed by atoms with van der Waals surface area (Å²) in [6.07, 6.45) is -9.26. The highest BCUT2D eigenvalue weighted by molar-refractivity contribution is 5.73. The number of amides is 2. The topological polar surface area (TPSA) is 178 Å². The summed E-state index contributed by atoms with van der Waals surface area (Å²) < 4.78 is 10.8. The largest absolute Gasteiger partial charge is 0.390 e. The van der Waals surface area contributed by atoms with Gasteiger partial charge in [-0.3, -0.25) is 9.59 Å². The van der Waals surface area contributed by atoms with Gasteiger partial charge >= 0.3 is 0 Å². The first-order valence-corrected chi connectivity index (χ1v) is 8.77. The molecule has 1 saturated heterocycles. The van der Waals surface area contributed by atoms with Gasteiger partial charge in [-0.2, -0.15) is 0 Å². The summed E-state index contributed by atoms with van der Waals surface area (Å²) in [5.74, 6) is -0.832. The maximum absolute atomic E-state index is 11.3. The molecule has 6 unspecified atom stereocenters. The van der Waals surface area contributed by atoms with Gasteiger partial charge in [0.2, 0.25) is 11.8 Å². The lowest BCUT2D eigenvalue weighted by Gasteiger charge is -2.41. The van der Waals surface area contributed by atoms with E-state index < -0.39 is 54.9 Å². The molecule has 1 rings (SSSR count). The molecule has 11 heteroatoms. The van der Waals surface area contributed by atoms with E-state index in [1.807, 2.05) is 0 Å². The van der Waals surface area contributed by atoms with Crippen molar-refractivity contribution in [3.8, 4) is 0 Å². The predicted molar refractivity (Wildman–Crippen MR) is 91.2 cm³/mol. The molecule has 8 atom stereocenters. The van der Waals surface area contributed by atoms with Gasteiger partial charge in [-0.1, -0.05) is 6.92 Å². The van der Waals surface area contributed by atoms with Crippen molar-refractivity contribution >= 4 is 11.8 Å². The van der Waals surface area contributed by atoms with Crippen LogP contribution in [0.3, 0.4) is 0 Å². The van der Waals surface area contributed by atoms with Crippen LogP contribution in [0.5, 0.6) is 0 Å². The molecule has 0 aromatic rings. The number of hydrogen-bond acceptors (Lipinski definition) is 9. The van der Waals surface area contributed by atoms with Gasteiger partial charge in [0, 0.05) is 20.4 Å². The van der Waals surface area contributed by atoms with Crippen LogP contribution in [0, 0.1) is 0 Å².